The molecule has 2 aromatic carbocycles. The van der Waals surface area contributed by atoms with Crippen LogP contribution in [0.15, 0.2) is 42.5 Å². The maximum absolute atomic E-state index is 12.1. The van der Waals surface area contributed by atoms with Gasteiger partial charge in [0.2, 0.25) is 5.91 Å². The van der Waals surface area contributed by atoms with Crippen LogP contribution in [0, 0.1) is 5.92 Å². The van der Waals surface area contributed by atoms with Crippen molar-refractivity contribution in [1.29, 1.82) is 0 Å². The highest BCUT2D eigenvalue weighted by molar-refractivity contribution is 5.85. The molecular formula is C17H21ClN2O. The summed E-state index contributed by atoms with van der Waals surface area (Å²) in [6.45, 7) is 2.46. The van der Waals surface area contributed by atoms with Gasteiger partial charge in [0.05, 0.1) is 5.92 Å². The van der Waals surface area contributed by atoms with Crippen molar-refractivity contribution in [3.8, 4) is 0 Å². The van der Waals surface area contributed by atoms with Crippen LogP contribution in [0.2, 0.25) is 0 Å². The SMILES string of the molecule is Cl.O=C(NCc1ccc2ccccc2c1)C1CCCNC1. The van der Waals surface area contributed by atoms with E-state index < -0.39 is 0 Å². The van der Waals surface area contributed by atoms with E-state index in [2.05, 4.69) is 41.0 Å². The van der Waals surface area contributed by atoms with Gasteiger partial charge in [-0.25, -0.2) is 0 Å². The van der Waals surface area contributed by atoms with E-state index in [0.29, 0.717) is 6.54 Å². The van der Waals surface area contributed by atoms with E-state index in [4.69, 9.17) is 0 Å². The summed E-state index contributed by atoms with van der Waals surface area (Å²) in [6.07, 6.45) is 2.09. The molecule has 2 N–H and O–H groups in total. The summed E-state index contributed by atoms with van der Waals surface area (Å²) >= 11 is 0. The Kier molecular flexibility index (Phi) is 5.59. The number of halogens is 1. The Labute approximate surface area is 131 Å². The lowest BCUT2D eigenvalue weighted by atomic mass is 9.98. The lowest BCUT2D eigenvalue weighted by Crippen LogP contribution is -2.40. The van der Waals surface area contributed by atoms with Gasteiger partial charge in [0, 0.05) is 13.1 Å². The molecule has 21 heavy (non-hydrogen) atoms. The number of benzene rings is 2. The Bertz CT molecular complexity index is 609. The van der Waals surface area contributed by atoms with E-state index >= 15 is 0 Å². The number of hydrogen-bond acceptors (Lipinski definition) is 2. The van der Waals surface area contributed by atoms with E-state index in [1.807, 2.05) is 12.1 Å². The second-order valence-corrected chi connectivity index (χ2v) is 5.44. The van der Waals surface area contributed by atoms with Gasteiger partial charge in [-0.05, 0) is 41.8 Å². The fourth-order valence-corrected chi connectivity index (χ4v) is 2.76. The van der Waals surface area contributed by atoms with Gasteiger partial charge in [-0.3, -0.25) is 4.79 Å². The molecule has 1 aliphatic heterocycles. The highest BCUT2D eigenvalue weighted by Crippen LogP contribution is 2.16. The molecule has 0 spiro atoms. The number of carbonyl (C=O) groups is 1. The summed E-state index contributed by atoms with van der Waals surface area (Å²) in [7, 11) is 0. The first-order valence-corrected chi connectivity index (χ1v) is 7.29. The van der Waals surface area contributed by atoms with Crippen molar-refractivity contribution in [1.82, 2.24) is 10.6 Å². The van der Waals surface area contributed by atoms with E-state index in [-0.39, 0.29) is 24.2 Å². The second kappa shape index (κ2) is 7.43. The van der Waals surface area contributed by atoms with Crippen molar-refractivity contribution in [3.05, 3.63) is 48.0 Å². The van der Waals surface area contributed by atoms with E-state index in [9.17, 15) is 4.79 Å². The molecule has 3 rings (SSSR count). The van der Waals surface area contributed by atoms with Crippen LogP contribution in [0.5, 0.6) is 0 Å². The summed E-state index contributed by atoms with van der Waals surface area (Å²) in [5.41, 5.74) is 1.15. The van der Waals surface area contributed by atoms with Crippen LogP contribution in [0.1, 0.15) is 18.4 Å². The average Bonchev–Trinajstić information content (AvgIpc) is 2.53. The molecule has 1 heterocycles. The third-order valence-corrected chi connectivity index (χ3v) is 3.95. The molecule has 0 radical (unpaired) electrons. The number of piperidine rings is 1. The van der Waals surface area contributed by atoms with Crippen LogP contribution < -0.4 is 10.6 Å². The number of amides is 1. The highest BCUT2D eigenvalue weighted by atomic mass is 35.5. The zero-order chi connectivity index (χ0) is 13.8. The zero-order valence-corrected chi connectivity index (χ0v) is 12.8. The molecule has 2 aromatic rings. The maximum Gasteiger partial charge on any atom is 0.224 e. The van der Waals surface area contributed by atoms with Crippen LogP contribution >= 0.6 is 12.4 Å². The smallest absolute Gasteiger partial charge is 0.224 e. The largest absolute Gasteiger partial charge is 0.352 e. The molecule has 1 fully saturated rings. The molecule has 1 amide bonds. The molecule has 112 valence electrons. The summed E-state index contributed by atoms with van der Waals surface area (Å²) in [5, 5.41) is 8.79. The molecule has 1 unspecified atom stereocenters. The monoisotopic (exact) mass is 304 g/mol. The normalized spacial score (nSPS) is 18.0. The molecule has 1 atom stereocenters. The van der Waals surface area contributed by atoms with Crippen LogP contribution in [0.3, 0.4) is 0 Å². The number of rotatable bonds is 3. The standard InChI is InChI=1S/C17H20N2O.ClH/c20-17(16-6-3-9-18-12-16)19-11-13-7-8-14-4-1-2-5-15(14)10-13;/h1-2,4-5,7-8,10,16,18H,3,6,9,11-12H2,(H,19,20);1H. The molecule has 4 heteroatoms. The lowest BCUT2D eigenvalue weighted by Gasteiger charge is -2.21. The molecule has 0 saturated carbocycles. The van der Waals surface area contributed by atoms with Crippen LogP contribution in [0.25, 0.3) is 10.8 Å². The van der Waals surface area contributed by atoms with Crippen molar-refractivity contribution in [3.63, 3.8) is 0 Å². The van der Waals surface area contributed by atoms with Gasteiger partial charge < -0.3 is 10.6 Å². The van der Waals surface area contributed by atoms with E-state index in [0.717, 1.165) is 31.5 Å². The number of nitrogens with one attached hydrogen (secondary N) is 2. The number of carbonyl (C=O) groups excluding carboxylic acids is 1. The van der Waals surface area contributed by atoms with Gasteiger partial charge in [0.15, 0.2) is 0 Å². The third-order valence-electron chi connectivity index (χ3n) is 3.95. The van der Waals surface area contributed by atoms with Gasteiger partial charge in [-0.15, -0.1) is 12.4 Å². The van der Waals surface area contributed by atoms with Gasteiger partial charge in [0.25, 0.3) is 0 Å². The topological polar surface area (TPSA) is 41.1 Å². The lowest BCUT2D eigenvalue weighted by molar-refractivity contribution is -0.125. The summed E-state index contributed by atoms with van der Waals surface area (Å²) in [4.78, 5) is 12.1. The van der Waals surface area contributed by atoms with Crippen molar-refractivity contribution < 1.29 is 4.79 Å². The summed E-state index contributed by atoms with van der Waals surface area (Å²) in [5.74, 6) is 0.301. The Balaban J connectivity index is 0.00000161. The molecule has 0 aromatic heterocycles. The molecule has 0 bridgehead atoms. The minimum absolute atomic E-state index is 0. The van der Waals surface area contributed by atoms with E-state index in [1.165, 1.54) is 10.8 Å². The fraction of sp³-hybridized carbons (Fsp3) is 0.353. The summed E-state index contributed by atoms with van der Waals surface area (Å²) < 4.78 is 0. The minimum Gasteiger partial charge on any atom is -0.352 e. The quantitative estimate of drug-likeness (QED) is 0.915. The molecule has 1 saturated heterocycles. The van der Waals surface area contributed by atoms with E-state index in [1.54, 1.807) is 0 Å². The van der Waals surface area contributed by atoms with Crippen LogP contribution in [-0.2, 0) is 11.3 Å². The van der Waals surface area contributed by atoms with Gasteiger partial charge >= 0.3 is 0 Å². The van der Waals surface area contributed by atoms with Crippen molar-refractivity contribution in [2.75, 3.05) is 13.1 Å². The average molecular weight is 305 g/mol. The number of fused-ring (bicyclic) bond motifs is 1. The number of hydrogen-bond donors (Lipinski definition) is 2. The van der Waals surface area contributed by atoms with Crippen LogP contribution in [0.4, 0.5) is 0 Å². The predicted molar refractivity (Wildman–Crippen MR) is 88.6 cm³/mol. The Hall–Kier alpha value is -1.58. The Morgan fingerprint density at radius 1 is 1.19 bits per heavy atom. The van der Waals surface area contributed by atoms with Gasteiger partial charge in [-0.1, -0.05) is 36.4 Å². The molecule has 1 aliphatic rings. The zero-order valence-electron chi connectivity index (χ0n) is 12.0. The maximum atomic E-state index is 12.1. The summed E-state index contributed by atoms with van der Waals surface area (Å²) in [6, 6.07) is 14.6. The first-order valence-electron chi connectivity index (χ1n) is 7.29. The predicted octanol–water partition coefficient (Wildman–Crippen LogP) is 2.88. The third kappa shape index (κ3) is 3.96. The highest BCUT2D eigenvalue weighted by Gasteiger charge is 2.20. The molecule has 0 aliphatic carbocycles. The first kappa shape index (κ1) is 15.8. The van der Waals surface area contributed by atoms with Gasteiger partial charge in [-0.2, -0.15) is 0 Å². The Morgan fingerprint density at radius 2 is 2.00 bits per heavy atom. The second-order valence-electron chi connectivity index (χ2n) is 5.44. The Morgan fingerprint density at radius 3 is 2.76 bits per heavy atom. The van der Waals surface area contributed by atoms with Crippen LogP contribution in [-0.4, -0.2) is 19.0 Å². The molecule has 3 nitrogen and oxygen atoms in total. The van der Waals surface area contributed by atoms with Crippen molar-refractivity contribution in [2.24, 2.45) is 5.92 Å². The van der Waals surface area contributed by atoms with Crippen molar-refractivity contribution in [2.45, 2.75) is 19.4 Å². The molecular weight excluding hydrogens is 284 g/mol. The van der Waals surface area contributed by atoms with Crippen molar-refractivity contribution >= 4 is 29.1 Å². The van der Waals surface area contributed by atoms with Gasteiger partial charge in [0.1, 0.15) is 0 Å². The first-order chi connectivity index (χ1) is 9.83. The fourth-order valence-electron chi connectivity index (χ4n) is 2.76. The minimum atomic E-state index is 0.